The first-order valence-electron chi connectivity index (χ1n) is 4.60. The topological polar surface area (TPSA) is 38.0 Å². The van der Waals surface area contributed by atoms with Gasteiger partial charge in [0, 0.05) is 12.4 Å². The van der Waals surface area contributed by atoms with Crippen LogP contribution in [0, 0.1) is 0 Å². The minimum absolute atomic E-state index is 0.238. The Morgan fingerprint density at radius 1 is 1.60 bits per heavy atom. The number of aliphatic hydroxyl groups excluding tert-OH is 1. The van der Waals surface area contributed by atoms with E-state index >= 15 is 0 Å². The number of nitrogens with zero attached hydrogens (tertiary/aromatic N) is 2. The van der Waals surface area contributed by atoms with Gasteiger partial charge >= 0.3 is 0 Å². The summed E-state index contributed by atoms with van der Waals surface area (Å²) in [5.41, 5.74) is 0. The number of imidazole rings is 1. The molecule has 2 aromatic rings. The fourth-order valence-electron chi connectivity index (χ4n) is 1.36. The Bertz CT molecular complexity index is 413. The van der Waals surface area contributed by atoms with Gasteiger partial charge in [-0.3, -0.25) is 0 Å². The maximum Gasteiger partial charge on any atom is 0.150 e. The van der Waals surface area contributed by atoms with Crippen LogP contribution >= 0.6 is 22.9 Å². The standard InChI is InChI=1S/C10H11ClN2OS/c11-6-8(14)7-13-4-3-12-10(13)9-2-1-5-15-9/h1-5,8,14H,6-7H2. The van der Waals surface area contributed by atoms with Crippen LogP contribution in [0.3, 0.4) is 0 Å². The lowest BCUT2D eigenvalue weighted by Gasteiger charge is -2.09. The zero-order chi connectivity index (χ0) is 10.7. The molecule has 0 saturated heterocycles. The van der Waals surface area contributed by atoms with Gasteiger partial charge in [-0.05, 0) is 11.4 Å². The van der Waals surface area contributed by atoms with Crippen molar-refractivity contribution in [3.63, 3.8) is 0 Å². The van der Waals surface area contributed by atoms with Crippen molar-refractivity contribution in [3.05, 3.63) is 29.9 Å². The Hall–Kier alpha value is -0.840. The van der Waals surface area contributed by atoms with Gasteiger partial charge in [0.1, 0.15) is 5.82 Å². The summed E-state index contributed by atoms with van der Waals surface area (Å²) >= 11 is 7.20. The molecule has 0 bridgehead atoms. The van der Waals surface area contributed by atoms with Gasteiger partial charge in [0.2, 0.25) is 0 Å². The van der Waals surface area contributed by atoms with Crippen molar-refractivity contribution < 1.29 is 5.11 Å². The van der Waals surface area contributed by atoms with Crippen molar-refractivity contribution in [1.82, 2.24) is 9.55 Å². The second-order valence-electron chi connectivity index (χ2n) is 3.19. The average Bonchev–Trinajstić information content (AvgIpc) is 2.86. The molecule has 1 N–H and O–H groups in total. The lowest BCUT2D eigenvalue weighted by molar-refractivity contribution is 0.177. The normalized spacial score (nSPS) is 12.9. The number of aliphatic hydroxyl groups is 1. The number of halogens is 1. The fraction of sp³-hybridized carbons (Fsp3) is 0.300. The molecule has 0 aliphatic rings. The molecule has 2 rings (SSSR count). The molecular formula is C10H11ClN2OS. The van der Waals surface area contributed by atoms with Gasteiger partial charge in [-0.1, -0.05) is 6.07 Å². The quantitative estimate of drug-likeness (QED) is 0.835. The SMILES string of the molecule is OC(CCl)Cn1ccnc1-c1cccs1. The minimum atomic E-state index is -0.528. The first kappa shape index (κ1) is 10.7. The number of rotatable bonds is 4. The van der Waals surface area contributed by atoms with Gasteiger partial charge in [-0.25, -0.2) is 4.98 Å². The number of aromatic nitrogens is 2. The molecule has 15 heavy (non-hydrogen) atoms. The molecule has 1 atom stereocenters. The fourth-order valence-corrected chi connectivity index (χ4v) is 2.20. The van der Waals surface area contributed by atoms with Gasteiger partial charge in [0.15, 0.2) is 0 Å². The zero-order valence-corrected chi connectivity index (χ0v) is 9.58. The summed E-state index contributed by atoms with van der Waals surface area (Å²) in [7, 11) is 0. The van der Waals surface area contributed by atoms with Crippen LogP contribution in [-0.2, 0) is 6.54 Å². The lowest BCUT2D eigenvalue weighted by atomic mass is 10.4. The smallest absolute Gasteiger partial charge is 0.150 e. The first-order chi connectivity index (χ1) is 7.31. The molecule has 3 nitrogen and oxygen atoms in total. The molecule has 2 aromatic heterocycles. The molecule has 0 aromatic carbocycles. The monoisotopic (exact) mass is 242 g/mol. The molecule has 0 spiro atoms. The van der Waals surface area contributed by atoms with Gasteiger partial charge in [0.05, 0.1) is 23.4 Å². The molecule has 0 fully saturated rings. The van der Waals surface area contributed by atoms with Crippen molar-refractivity contribution >= 4 is 22.9 Å². The van der Waals surface area contributed by atoms with Crippen LogP contribution in [0.1, 0.15) is 0 Å². The summed E-state index contributed by atoms with van der Waals surface area (Å²) in [6.07, 6.45) is 3.06. The molecule has 80 valence electrons. The summed E-state index contributed by atoms with van der Waals surface area (Å²) in [5, 5.41) is 11.5. The summed E-state index contributed by atoms with van der Waals surface area (Å²) in [5.74, 6) is 1.12. The van der Waals surface area contributed by atoms with Crippen molar-refractivity contribution in [2.24, 2.45) is 0 Å². The van der Waals surface area contributed by atoms with E-state index in [4.69, 9.17) is 11.6 Å². The Morgan fingerprint density at radius 3 is 3.13 bits per heavy atom. The predicted octanol–water partition coefficient (Wildman–Crippen LogP) is 2.21. The van der Waals surface area contributed by atoms with E-state index in [-0.39, 0.29) is 5.88 Å². The van der Waals surface area contributed by atoms with Crippen LogP contribution in [-0.4, -0.2) is 26.6 Å². The third-order valence-electron chi connectivity index (χ3n) is 2.04. The van der Waals surface area contributed by atoms with Gasteiger partial charge in [0.25, 0.3) is 0 Å². The van der Waals surface area contributed by atoms with E-state index in [1.54, 1.807) is 17.5 Å². The highest BCUT2D eigenvalue weighted by Crippen LogP contribution is 2.22. The maximum atomic E-state index is 9.47. The molecule has 5 heteroatoms. The molecule has 0 amide bonds. The molecule has 0 saturated carbocycles. The number of alkyl halides is 1. The van der Waals surface area contributed by atoms with E-state index in [0.717, 1.165) is 10.7 Å². The van der Waals surface area contributed by atoms with Crippen LogP contribution in [0.5, 0.6) is 0 Å². The molecular weight excluding hydrogens is 232 g/mol. The second kappa shape index (κ2) is 4.79. The molecule has 0 radical (unpaired) electrons. The Morgan fingerprint density at radius 2 is 2.47 bits per heavy atom. The zero-order valence-electron chi connectivity index (χ0n) is 8.01. The second-order valence-corrected chi connectivity index (χ2v) is 4.44. The van der Waals surface area contributed by atoms with Crippen LogP contribution in [0.15, 0.2) is 29.9 Å². The number of hydrogen-bond acceptors (Lipinski definition) is 3. The molecule has 0 aliphatic heterocycles. The number of thiophene rings is 1. The van der Waals surface area contributed by atoms with Gasteiger partial charge in [-0.15, -0.1) is 22.9 Å². The van der Waals surface area contributed by atoms with E-state index in [9.17, 15) is 5.11 Å². The molecule has 2 heterocycles. The number of hydrogen-bond donors (Lipinski definition) is 1. The van der Waals surface area contributed by atoms with Crippen LogP contribution in [0.4, 0.5) is 0 Å². The van der Waals surface area contributed by atoms with Crippen molar-refractivity contribution in [2.45, 2.75) is 12.6 Å². The Labute approximate surface area is 97.0 Å². The maximum absolute atomic E-state index is 9.47. The van der Waals surface area contributed by atoms with E-state index in [1.165, 1.54) is 0 Å². The highest BCUT2D eigenvalue weighted by molar-refractivity contribution is 7.13. The largest absolute Gasteiger partial charge is 0.390 e. The molecule has 1 unspecified atom stereocenters. The van der Waals surface area contributed by atoms with Gasteiger partial charge < -0.3 is 9.67 Å². The van der Waals surface area contributed by atoms with Crippen LogP contribution in [0.2, 0.25) is 0 Å². The van der Waals surface area contributed by atoms with E-state index in [0.29, 0.717) is 6.54 Å². The third kappa shape index (κ3) is 2.40. The third-order valence-corrected chi connectivity index (χ3v) is 3.26. The highest BCUT2D eigenvalue weighted by atomic mass is 35.5. The first-order valence-corrected chi connectivity index (χ1v) is 6.01. The van der Waals surface area contributed by atoms with Crippen LogP contribution in [0.25, 0.3) is 10.7 Å². The summed E-state index contributed by atoms with van der Waals surface area (Å²) in [6, 6.07) is 3.99. The lowest BCUT2D eigenvalue weighted by Crippen LogP contribution is -2.17. The average molecular weight is 243 g/mol. The van der Waals surface area contributed by atoms with Crippen molar-refractivity contribution in [3.8, 4) is 10.7 Å². The van der Waals surface area contributed by atoms with Gasteiger partial charge in [-0.2, -0.15) is 0 Å². The van der Waals surface area contributed by atoms with Crippen molar-refractivity contribution in [2.75, 3.05) is 5.88 Å². The van der Waals surface area contributed by atoms with E-state index in [1.807, 2.05) is 28.3 Å². The van der Waals surface area contributed by atoms with Crippen molar-refractivity contribution in [1.29, 1.82) is 0 Å². The summed E-state index contributed by atoms with van der Waals surface area (Å²) < 4.78 is 1.92. The Balaban J connectivity index is 2.23. The van der Waals surface area contributed by atoms with Crippen LogP contribution < -0.4 is 0 Å². The predicted molar refractivity (Wildman–Crippen MR) is 62.3 cm³/mol. The van der Waals surface area contributed by atoms with E-state index in [2.05, 4.69) is 4.98 Å². The minimum Gasteiger partial charge on any atom is -0.390 e. The summed E-state index contributed by atoms with van der Waals surface area (Å²) in [4.78, 5) is 5.36. The highest BCUT2D eigenvalue weighted by Gasteiger charge is 2.09. The Kier molecular flexibility index (Phi) is 3.41. The molecule has 0 aliphatic carbocycles. The summed E-state index contributed by atoms with van der Waals surface area (Å²) in [6.45, 7) is 0.483. The van der Waals surface area contributed by atoms with E-state index < -0.39 is 6.10 Å².